The first-order valence-corrected chi connectivity index (χ1v) is 4.90. The minimum absolute atomic E-state index is 0.458. The Morgan fingerprint density at radius 2 is 2.43 bits per heavy atom. The summed E-state index contributed by atoms with van der Waals surface area (Å²) < 4.78 is 0. The summed E-state index contributed by atoms with van der Waals surface area (Å²) in [5.41, 5.74) is 3.68. The van der Waals surface area contributed by atoms with Crippen molar-refractivity contribution in [2.45, 2.75) is 31.8 Å². The Labute approximate surface area is 85.2 Å². The van der Waals surface area contributed by atoms with Gasteiger partial charge in [0.1, 0.15) is 0 Å². The van der Waals surface area contributed by atoms with Gasteiger partial charge in [-0.05, 0) is 33.0 Å². The van der Waals surface area contributed by atoms with Crippen molar-refractivity contribution in [1.29, 1.82) is 0 Å². The number of allylic oxidation sites excluding steroid dienone is 1. The fourth-order valence-corrected chi connectivity index (χ4v) is 1.51. The van der Waals surface area contributed by atoms with Crippen LogP contribution in [-0.4, -0.2) is 31.6 Å². The molecule has 2 N–H and O–H groups in total. The van der Waals surface area contributed by atoms with Crippen LogP contribution in [0.15, 0.2) is 22.4 Å². The van der Waals surface area contributed by atoms with Gasteiger partial charge in [-0.2, -0.15) is 5.10 Å². The molecule has 1 heterocycles. The summed E-state index contributed by atoms with van der Waals surface area (Å²) in [6.07, 6.45) is 3.81. The molecule has 1 fully saturated rings. The molecule has 0 aromatic rings. The van der Waals surface area contributed by atoms with Gasteiger partial charge < -0.3 is 10.7 Å². The second-order valence-corrected chi connectivity index (χ2v) is 3.61. The third kappa shape index (κ3) is 3.70. The van der Waals surface area contributed by atoms with Crippen molar-refractivity contribution in [3.05, 3.63) is 12.3 Å². The number of hydrogen-bond donors (Lipinski definition) is 2. The van der Waals surface area contributed by atoms with Gasteiger partial charge in [0.05, 0.1) is 11.9 Å². The highest BCUT2D eigenvalue weighted by Crippen LogP contribution is 2.07. The average Bonchev–Trinajstić information content (AvgIpc) is 2.17. The van der Waals surface area contributed by atoms with Gasteiger partial charge in [0.15, 0.2) is 0 Å². The third-order valence-electron chi connectivity index (χ3n) is 2.30. The summed E-state index contributed by atoms with van der Waals surface area (Å²) in [5.74, 6) is 0. The Balaban J connectivity index is 2.26. The summed E-state index contributed by atoms with van der Waals surface area (Å²) in [6.45, 7) is 10.2. The molecule has 1 rings (SSSR count). The second-order valence-electron chi connectivity index (χ2n) is 3.61. The standard InChI is InChI=1S/C10H18N4/c1-8-6-10(4-5-12-8)14-13-7-9(2)11-3/h7-8,10,12,14H,2-6H2,1H3/b13-7-. The lowest BCUT2D eigenvalue weighted by molar-refractivity contribution is 0.337. The number of aliphatic imine (C=N–C) groups is 1. The zero-order chi connectivity index (χ0) is 10.4. The molecule has 0 spiro atoms. The first-order chi connectivity index (χ1) is 6.72. The van der Waals surface area contributed by atoms with E-state index in [0.717, 1.165) is 19.4 Å². The van der Waals surface area contributed by atoms with Crippen LogP contribution in [0.5, 0.6) is 0 Å². The van der Waals surface area contributed by atoms with Gasteiger partial charge >= 0.3 is 0 Å². The minimum Gasteiger partial charge on any atom is -0.314 e. The van der Waals surface area contributed by atoms with Crippen LogP contribution in [0.25, 0.3) is 0 Å². The molecule has 78 valence electrons. The maximum atomic E-state index is 4.06. The molecular weight excluding hydrogens is 176 g/mol. The van der Waals surface area contributed by atoms with E-state index in [-0.39, 0.29) is 0 Å². The van der Waals surface area contributed by atoms with E-state index in [0.29, 0.717) is 17.8 Å². The smallest absolute Gasteiger partial charge is 0.0751 e. The van der Waals surface area contributed by atoms with Crippen molar-refractivity contribution in [2.24, 2.45) is 10.1 Å². The molecule has 4 nitrogen and oxygen atoms in total. The second kappa shape index (κ2) is 5.54. The van der Waals surface area contributed by atoms with Crippen LogP contribution in [0.2, 0.25) is 0 Å². The molecule has 1 aliphatic heterocycles. The average molecular weight is 194 g/mol. The maximum absolute atomic E-state index is 4.06. The number of rotatable bonds is 4. The molecule has 2 atom stereocenters. The van der Waals surface area contributed by atoms with Gasteiger partial charge in [0, 0.05) is 12.1 Å². The molecule has 4 heteroatoms. The quantitative estimate of drug-likeness (QED) is 0.516. The molecule has 14 heavy (non-hydrogen) atoms. The van der Waals surface area contributed by atoms with E-state index >= 15 is 0 Å². The topological polar surface area (TPSA) is 48.8 Å². The van der Waals surface area contributed by atoms with E-state index in [9.17, 15) is 0 Å². The van der Waals surface area contributed by atoms with Crippen LogP contribution in [0.1, 0.15) is 19.8 Å². The minimum atomic E-state index is 0.458. The lowest BCUT2D eigenvalue weighted by atomic mass is 10.0. The van der Waals surface area contributed by atoms with Gasteiger partial charge in [0.2, 0.25) is 0 Å². The van der Waals surface area contributed by atoms with E-state index in [4.69, 9.17) is 0 Å². The van der Waals surface area contributed by atoms with E-state index in [1.54, 1.807) is 6.21 Å². The number of nitrogens with zero attached hydrogens (tertiary/aromatic N) is 2. The van der Waals surface area contributed by atoms with Crippen molar-refractivity contribution in [3.63, 3.8) is 0 Å². The number of hydrogen-bond acceptors (Lipinski definition) is 4. The molecular formula is C10H18N4. The highest BCUT2D eigenvalue weighted by atomic mass is 15.3. The lowest BCUT2D eigenvalue weighted by Gasteiger charge is -2.27. The highest BCUT2D eigenvalue weighted by molar-refractivity contribution is 5.77. The first kappa shape index (κ1) is 10.9. The number of nitrogens with one attached hydrogen (secondary N) is 2. The highest BCUT2D eigenvalue weighted by Gasteiger charge is 2.16. The molecule has 0 saturated carbocycles. The van der Waals surface area contributed by atoms with Crippen molar-refractivity contribution in [1.82, 2.24) is 10.7 Å². The Kier molecular flexibility index (Phi) is 4.32. The lowest BCUT2D eigenvalue weighted by Crippen LogP contribution is -2.43. The molecule has 0 radical (unpaired) electrons. The van der Waals surface area contributed by atoms with Crippen LogP contribution < -0.4 is 10.7 Å². The molecule has 0 aromatic heterocycles. The SMILES string of the molecule is C=NC(=C)/C=N\NC1CCNC(C)C1. The van der Waals surface area contributed by atoms with Gasteiger partial charge in [-0.15, -0.1) is 0 Å². The fraction of sp³-hybridized carbons (Fsp3) is 0.600. The molecule has 2 unspecified atom stereocenters. The molecule has 0 amide bonds. The van der Waals surface area contributed by atoms with Crippen LogP contribution in [0, 0.1) is 0 Å². The monoisotopic (exact) mass is 194 g/mol. The summed E-state index contributed by atoms with van der Waals surface area (Å²) in [7, 11) is 0. The Morgan fingerprint density at radius 1 is 1.64 bits per heavy atom. The Morgan fingerprint density at radius 3 is 3.07 bits per heavy atom. The summed E-state index contributed by atoms with van der Waals surface area (Å²) >= 11 is 0. The van der Waals surface area contributed by atoms with Gasteiger partial charge in [0.25, 0.3) is 0 Å². The van der Waals surface area contributed by atoms with E-state index < -0.39 is 0 Å². The summed E-state index contributed by atoms with van der Waals surface area (Å²) in [5, 5.41) is 7.45. The normalized spacial score (nSPS) is 27.5. The van der Waals surface area contributed by atoms with Crippen LogP contribution in [-0.2, 0) is 0 Å². The van der Waals surface area contributed by atoms with Crippen molar-refractivity contribution < 1.29 is 0 Å². The molecule has 0 bridgehead atoms. The number of piperidine rings is 1. The Hall–Kier alpha value is -1.16. The van der Waals surface area contributed by atoms with E-state index in [2.05, 4.69) is 41.1 Å². The zero-order valence-corrected chi connectivity index (χ0v) is 8.66. The number of hydrazone groups is 1. The van der Waals surface area contributed by atoms with Crippen molar-refractivity contribution >= 4 is 12.9 Å². The van der Waals surface area contributed by atoms with E-state index in [1.165, 1.54) is 0 Å². The third-order valence-corrected chi connectivity index (χ3v) is 2.30. The predicted octanol–water partition coefficient (Wildman–Crippen LogP) is 0.917. The fourth-order valence-electron chi connectivity index (χ4n) is 1.51. The summed E-state index contributed by atoms with van der Waals surface area (Å²) in [4.78, 5) is 3.64. The van der Waals surface area contributed by atoms with Gasteiger partial charge in [-0.1, -0.05) is 6.58 Å². The van der Waals surface area contributed by atoms with Crippen LogP contribution >= 0.6 is 0 Å². The molecule has 1 saturated heterocycles. The van der Waals surface area contributed by atoms with Gasteiger partial charge in [-0.3, -0.25) is 4.99 Å². The molecule has 0 aromatic carbocycles. The molecule has 0 aliphatic carbocycles. The van der Waals surface area contributed by atoms with E-state index in [1.807, 2.05) is 0 Å². The predicted molar refractivity (Wildman–Crippen MR) is 60.8 cm³/mol. The van der Waals surface area contributed by atoms with Crippen molar-refractivity contribution in [3.8, 4) is 0 Å². The van der Waals surface area contributed by atoms with Crippen LogP contribution in [0.3, 0.4) is 0 Å². The van der Waals surface area contributed by atoms with Crippen LogP contribution in [0.4, 0.5) is 0 Å². The summed E-state index contributed by atoms with van der Waals surface area (Å²) in [6, 6.07) is 1.03. The largest absolute Gasteiger partial charge is 0.314 e. The zero-order valence-electron chi connectivity index (χ0n) is 8.66. The van der Waals surface area contributed by atoms with Gasteiger partial charge in [-0.25, -0.2) is 0 Å². The maximum Gasteiger partial charge on any atom is 0.0751 e. The first-order valence-electron chi connectivity index (χ1n) is 4.90. The van der Waals surface area contributed by atoms with Crippen molar-refractivity contribution in [2.75, 3.05) is 6.54 Å². The molecule has 1 aliphatic rings. The Bertz CT molecular complexity index is 234.